The molecule has 5 heteroatoms. The van der Waals surface area contributed by atoms with Gasteiger partial charge in [0.1, 0.15) is 11.6 Å². The molecule has 1 saturated heterocycles. The molecule has 0 aromatic heterocycles. The molecule has 0 saturated carbocycles. The van der Waals surface area contributed by atoms with Crippen LogP contribution in [-0.2, 0) is 16.6 Å². The molecule has 0 amide bonds. The van der Waals surface area contributed by atoms with Crippen LogP contribution in [0.4, 0.5) is 11.4 Å². The number of nitrogens with one attached hydrogen (secondary N) is 2. The van der Waals surface area contributed by atoms with Gasteiger partial charge in [0.05, 0.1) is 24.9 Å². The van der Waals surface area contributed by atoms with E-state index in [0.29, 0.717) is 12.0 Å². The lowest BCUT2D eigenvalue weighted by molar-refractivity contribution is -0.113. The van der Waals surface area contributed by atoms with Crippen LogP contribution in [0.3, 0.4) is 0 Å². The molecule has 0 atom stereocenters. The van der Waals surface area contributed by atoms with Gasteiger partial charge in [0, 0.05) is 23.9 Å². The standard InChI is InChI=1S/C23H25N3O2/c1-23(2,3)16-10-9-15(28-4)12-19(16)26-13-20(27)21(22(26)24)18-11-14-7-5-6-8-17(14)25-18/h5-10,12,24-25H,11,13H2,1-4H3. The number of carbonyl (C=O) groups excluding carboxylic acids is 1. The van der Waals surface area contributed by atoms with Crippen LogP contribution < -0.4 is 15.0 Å². The number of rotatable bonds is 2. The van der Waals surface area contributed by atoms with Crippen molar-refractivity contribution in [2.24, 2.45) is 0 Å². The molecule has 2 aliphatic rings. The Kier molecular flexibility index (Phi) is 4.26. The molecule has 5 nitrogen and oxygen atoms in total. The van der Waals surface area contributed by atoms with Gasteiger partial charge >= 0.3 is 0 Å². The number of hydrogen-bond donors (Lipinski definition) is 2. The molecule has 2 aliphatic heterocycles. The average molecular weight is 375 g/mol. The number of benzene rings is 2. The SMILES string of the molecule is COc1ccc(C(C)(C)C)c(N2CC(=O)C(=C3Cc4ccccc4N3)C2=N)c1. The van der Waals surface area contributed by atoms with E-state index >= 15 is 0 Å². The van der Waals surface area contributed by atoms with Gasteiger partial charge in [-0.25, -0.2) is 0 Å². The Balaban J connectivity index is 1.76. The maximum Gasteiger partial charge on any atom is 0.188 e. The molecule has 2 N–H and O–H groups in total. The van der Waals surface area contributed by atoms with E-state index in [1.807, 2.05) is 36.4 Å². The van der Waals surface area contributed by atoms with Gasteiger partial charge in [-0.05, 0) is 28.7 Å². The normalized spacial score (nSPS) is 19.1. The first-order valence-electron chi connectivity index (χ1n) is 9.46. The molecule has 4 rings (SSSR count). The third kappa shape index (κ3) is 2.97. The molecule has 2 aromatic carbocycles. The summed E-state index contributed by atoms with van der Waals surface area (Å²) in [6.45, 7) is 6.57. The summed E-state index contributed by atoms with van der Waals surface area (Å²) in [7, 11) is 1.63. The number of para-hydroxylation sites is 1. The topological polar surface area (TPSA) is 65.4 Å². The zero-order chi connectivity index (χ0) is 20.1. The van der Waals surface area contributed by atoms with Crippen LogP contribution in [0.1, 0.15) is 31.9 Å². The van der Waals surface area contributed by atoms with E-state index in [1.54, 1.807) is 12.0 Å². The highest BCUT2D eigenvalue weighted by atomic mass is 16.5. The largest absolute Gasteiger partial charge is 0.497 e. The van der Waals surface area contributed by atoms with Crippen molar-refractivity contribution in [2.45, 2.75) is 32.6 Å². The summed E-state index contributed by atoms with van der Waals surface area (Å²) in [5.41, 5.74) is 5.29. The molecule has 1 fully saturated rings. The highest BCUT2D eigenvalue weighted by molar-refractivity contribution is 6.33. The van der Waals surface area contributed by atoms with Crippen LogP contribution in [0, 0.1) is 5.41 Å². The summed E-state index contributed by atoms with van der Waals surface area (Å²) in [4.78, 5) is 14.7. The Morgan fingerprint density at radius 1 is 1.14 bits per heavy atom. The molecule has 2 aromatic rings. The highest BCUT2D eigenvalue weighted by Gasteiger charge is 2.37. The first kappa shape index (κ1) is 18.3. The maximum atomic E-state index is 12.9. The number of anilines is 2. The van der Waals surface area contributed by atoms with E-state index < -0.39 is 0 Å². The number of ether oxygens (including phenoxy) is 1. The van der Waals surface area contributed by atoms with Crippen LogP contribution in [-0.4, -0.2) is 25.3 Å². The quantitative estimate of drug-likeness (QED) is 0.769. The van der Waals surface area contributed by atoms with Gasteiger partial charge in [0.15, 0.2) is 5.78 Å². The second kappa shape index (κ2) is 6.51. The Bertz CT molecular complexity index is 988. The summed E-state index contributed by atoms with van der Waals surface area (Å²) < 4.78 is 5.41. The van der Waals surface area contributed by atoms with Crippen LogP contribution in [0.15, 0.2) is 53.7 Å². The number of allylic oxidation sites excluding steroid dienone is 1. The number of hydrogen-bond acceptors (Lipinski definition) is 4. The molecule has 2 heterocycles. The number of ketones is 1. The molecule has 0 bridgehead atoms. The summed E-state index contributed by atoms with van der Waals surface area (Å²) in [5.74, 6) is 0.942. The van der Waals surface area contributed by atoms with E-state index in [4.69, 9.17) is 10.1 Å². The van der Waals surface area contributed by atoms with Crippen LogP contribution in [0.25, 0.3) is 0 Å². The monoisotopic (exact) mass is 375 g/mol. The average Bonchev–Trinajstić information content (AvgIpc) is 3.20. The number of fused-ring (bicyclic) bond motifs is 1. The summed E-state index contributed by atoms with van der Waals surface area (Å²) in [5, 5.41) is 12.1. The maximum absolute atomic E-state index is 12.9. The van der Waals surface area contributed by atoms with E-state index in [9.17, 15) is 4.79 Å². The fraction of sp³-hybridized carbons (Fsp3) is 0.304. The molecule has 0 unspecified atom stereocenters. The second-order valence-corrected chi connectivity index (χ2v) is 8.30. The predicted octanol–water partition coefficient (Wildman–Crippen LogP) is 4.28. The van der Waals surface area contributed by atoms with Crippen molar-refractivity contribution in [3.63, 3.8) is 0 Å². The zero-order valence-electron chi connectivity index (χ0n) is 16.7. The molecule has 0 aliphatic carbocycles. The lowest BCUT2D eigenvalue weighted by atomic mass is 9.85. The van der Waals surface area contributed by atoms with Crippen molar-refractivity contribution >= 4 is 23.0 Å². The molecular weight excluding hydrogens is 350 g/mol. The molecule has 0 radical (unpaired) electrons. The number of amidine groups is 1. The lowest BCUT2D eigenvalue weighted by Crippen LogP contribution is -2.28. The predicted molar refractivity (Wildman–Crippen MR) is 113 cm³/mol. The summed E-state index contributed by atoms with van der Waals surface area (Å²) >= 11 is 0. The fourth-order valence-electron chi connectivity index (χ4n) is 3.93. The molecule has 144 valence electrons. The first-order chi connectivity index (χ1) is 13.3. The molecule has 28 heavy (non-hydrogen) atoms. The van der Waals surface area contributed by atoms with Gasteiger partial charge in [-0.15, -0.1) is 0 Å². The minimum absolute atomic E-state index is 0.0250. The van der Waals surface area contributed by atoms with Crippen molar-refractivity contribution in [3.05, 3.63) is 64.9 Å². The number of carbonyl (C=O) groups is 1. The van der Waals surface area contributed by atoms with Crippen molar-refractivity contribution in [3.8, 4) is 5.75 Å². The molecular formula is C23H25N3O2. The smallest absolute Gasteiger partial charge is 0.188 e. The van der Waals surface area contributed by atoms with Crippen LogP contribution >= 0.6 is 0 Å². The third-order valence-electron chi connectivity index (χ3n) is 5.36. The van der Waals surface area contributed by atoms with Gasteiger partial charge in [0.2, 0.25) is 0 Å². The lowest BCUT2D eigenvalue weighted by Gasteiger charge is -2.28. The zero-order valence-corrected chi connectivity index (χ0v) is 16.7. The Labute approximate surface area is 165 Å². The summed E-state index contributed by atoms with van der Waals surface area (Å²) in [6.07, 6.45) is 0.651. The van der Waals surface area contributed by atoms with Crippen molar-refractivity contribution < 1.29 is 9.53 Å². The minimum atomic E-state index is -0.122. The number of methoxy groups -OCH3 is 1. The van der Waals surface area contributed by atoms with Gasteiger partial charge in [-0.2, -0.15) is 0 Å². The Morgan fingerprint density at radius 2 is 1.89 bits per heavy atom. The van der Waals surface area contributed by atoms with Crippen LogP contribution in [0.5, 0.6) is 5.75 Å². The van der Waals surface area contributed by atoms with Gasteiger partial charge in [0.25, 0.3) is 0 Å². The van der Waals surface area contributed by atoms with Crippen molar-refractivity contribution in [1.29, 1.82) is 5.41 Å². The summed E-state index contributed by atoms with van der Waals surface area (Å²) in [6, 6.07) is 13.9. The van der Waals surface area contributed by atoms with Gasteiger partial charge < -0.3 is 15.0 Å². The first-order valence-corrected chi connectivity index (χ1v) is 9.46. The number of nitrogens with zero attached hydrogens (tertiary/aromatic N) is 1. The Morgan fingerprint density at radius 3 is 2.57 bits per heavy atom. The van der Waals surface area contributed by atoms with Crippen molar-refractivity contribution in [1.82, 2.24) is 0 Å². The number of Topliss-reactive ketones (excluding diaryl/α,β-unsaturated/α-hetero) is 1. The highest BCUT2D eigenvalue weighted by Crippen LogP contribution is 2.38. The minimum Gasteiger partial charge on any atom is -0.497 e. The van der Waals surface area contributed by atoms with Crippen LogP contribution in [0.2, 0.25) is 0 Å². The fourth-order valence-corrected chi connectivity index (χ4v) is 3.93. The van der Waals surface area contributed by atoms with E-state index in [1.165, 1.54) is 0 Å². The van der Waals surface area contributed by atoms with E-state index in [2.05, 4.69) is 32.2 Å². The van der Waals surface area contributed by atoms with E-state index in [0.717, 1.165) is 33.9 Å². The van der Waals surface area contributed by atoms with Gasteiger partial charge in [-0.1, -0.05) is 45.0 Å². The van der Waals surface area contributed by atoms with Crippen molar-refractivity contribution in [2.75, 3.05) is 23.9 Å². The van der Waals surface area contributed by atoms with Gasteiger partial charge in [-0.3, -0.25) is 10.2 Å². The second-order valence-electron chi connectivity index (χ2n) is 8.30. The third-order valence-corrected chi connectivity index (χ3v) is 5.36. The van der Waals surface area contributed by atoms with E-state index in [-0.39, 0.29) is 23.6 Å². The Hall–Kier alpha value is -3.08. The molecule has 0 spiro atoms.